The molecule has 23 heavy (non-hydrogen) atoms. The molecular formula is C16H17BrN4O2. The molecule has 0 saturated carbocycles. The van der Waals surface area contributed by atoms with Crippen molar-refractivity contribution in [1.82, 2.24) is 15.6 Å². The molecule has 6 nitrogen and oxygen atoms in total. The number of piperazine rings is 1. The molecule has 1 saturated heterocycles. The van der Waals surface area contributed by atoms with Gasteiger partial charge in [0.1, 0.15) is 5.69 Å². The van der Waals surface area contributed by atoms with Gasteiger partial charge in [0.05, 0.1) is 6.54 Å². The van der Waals surface area contributed by atoms with Gasteiger partial charge >= 0.3 is 0 Å². The Kier molecular flexibility index (Phi) is 4.66. The van der Waals surface area contributed by atoms with Gasteiger partial charge in [0, 0.05) is 36.0 Å². The first-order valence-electron chi connectivity index (χ1n) is 7.34. The van der Waals surface area contributed by atoms with Gasteiger partial charge in [-0.05, 0) is 39.7 Å². The molecule has 1 fully saturated rings. The van der Waals surface area contributed by atoms with Crippen LogP contribution in [0.5, 0.6) is 0 Å². The SMILES string of the molecule is O=C1CN(c2ccc(CNC(=O)c3cc(Br)c[nH]3)cc2)CCN1. The van der Waals surface area contributed by atoms with E-state index in [0.717, 1.165) is 22.3 Å². The zero-order valence-electron chi connectivity index (χ0n) is 12.4. The molecule has 0 atom stereocenters. The molecule has 2 amide bonds. The summed E-state index contributed by atoms with van der Waals surface area (Å²) in [5.74, 6) is -0.0998. The summed E-state index contributed by atoms with van der Waals surface area (Å²) in [5, 5.41) is 5.67. The van der Waals surface area contributed by atoms with Gasteiger partial charge < -0.3 is 20.5 Å². The predicted molar refractivity (Wildman–Crippen MR) is 91.3 cm³/mol. The largest absolute Gasteiger partial charge is 0.360 e. The number of hydrogen-bond donors (Lipinski definition) is 3. The lowest BCUT2D eigenvalue weighted by atomic mass is 10.2. The van der Waals surface area contributed by atoms with E-state index < -0.39 is 0 Å². The van der Waals surface area contributed by atoms with E-state index in [1.54, 1.807) is 12.3 Å². The molecule has 0 bridgehead atoms. The summed E-state index contributed by atoms with van der Waals surface area (Å²) < 4.78 is 0.845. The zero-order valence-corrected chi connectivity index (χ0v) is 14.0. The van der Waals surface area contributed by atoms with Crippen LogP contribution in [0.2, 0.25) is 0 Å². The van der Waals surface area contributed by atoms with Gasteiger partial charge in [0.15, 0.2) is 0 Å². The van der Waals surface area contributed by atoms with Crippen molar-refractivity contribution >= 4 is 33.4 Å². The number of benzene rings is 1. The molecule has 2 heterocycles. The maximum atomic E-state index is 12.0. The standard InChI is InChI=1S/C16H17BrN4O2/c17-12-7-14(19-9-12)16(23)20-8-11-1-3-13(4-2-11)21-6-5-18-15(22)10-21/h1-4,7,9,19H,5-6,8,10H2,(H,18,22)(H,20,23). The van der Waals surface area contributed by atoms with Crippen molar-refractivity contribution in [3.8, 4) is 0 Å². The van der Waals surface area contributed by atoms with Gasteiger partial charge in [-0.15, -0.1) is 0 Å². The van der Waals surface area contributed by atoms with E-state index in [1.807, 2.05) is 29.2 Å². The lowest BCUT2D eigenvalue weighted by Crippen LogP contribution is -2.47. The second-order valence-corrected chi connectivity index (χ2v) is 6.27. The van der Waals surface area contributed by atoms with Crippen molar-refractivity contribution in [1.29, 1.82) is 0 Å². The van der Waals surface area contributed by atoms with Crippen LogP contribution < -0.4 is 15.5 Å². The third kappa shape index (κ3) is 3.92. The van der Waals surface area contributed by atoms with Crippen LogP contribution in [0.4, 0.5) is 5.69 Å². The highest BCUT2D eigenvalue weighted by molar-refractivity contribution is 9.10. The summed E-state index contributed by atoms with van der Waals surface area (Å²) in [6.45, 7) is 2.32. The average Bonchev–Trinajstić information content (AvgIpc) is 3.00. The van der Waals surface area contributed by atoms with Gasteiger partial charge in [-0.3, -0.25) is 9.59 Å². The third-order valence-electron chi connectivity index (χ3n) is 3.69. The number of halogens is 1. The van der Waals surface area contributed by atoms with E-state index in [1.165, 1.54) is 0 Å². The Bertz CT molecular complexity index is 711. The molecule has 3 rings (SSSR count). The molecule has 1 aromatic carbocycles. The lowest BCUT2D eigenvalue weighted by Gasteiger charge is -2.28. The second-order valence-electron chi connectivity index (χ2n) is 5.35. The van der Waals surface area contributed by atoms with Gasteiger partial charge in [0.2, 0.25) is 5.91 Å². The highest BCUT2D eigenvalue weighted by Crippen LogP contribution is 2.16. The number of rotatable bonds is 4. The van der Waals surface area contributed by atoms with Crippen LogP contribution in [-0.2, 0) is 11.3 Å². The van der Waals surface area contributed by atoms with Gasteiger partial charge in [-0.2, -0.15) is 0 Å². The van der Waals surface area contributed by atoms with Crippen LogP contribution in [0.15, 0.2) is 41.0 Å². The number of H-pyrrole nitrogens is 1. The van der Waals surface area contributed by atoms with Crippen molar-refractivity contribution in [2.24, 2.45) is 0 Å². The first kappa shape index (κ1) is 15.6. The minimum Gasteiger partial charge on any atom is -0.360 e. The number of nitrogens with zero attached hydrogens (tertiary/aromatic N) is 1. The fraction of sp³-hybridized carbons (Fsp3) is 0.250. The number of nitrogens with one attached hydrogen (secondary N) is 3. The summed E-state index contributed by atoms with van der Waals surface area (Å²) in [6, 6.07) is 9.62. The van der Waals surface area contributed by atoms with Crippen molar-refractivity contribution in [2.75, 3.05) is 24.5 Å². The minimum atomic E-state index is -0.146. The number of carbonyl (C=O) groups is 2. The van der Waals surface area contributed by atoms with E-state index in [4.69, 9.17) is 0 Å². The van der Waals surface area contributed by atoms with Crippen LogP contribution in [0.25, 0.3) is 0 Å². The molecular weight excluding hydrogens is 360 g/mol. The second kappa shape index (κ2) is 6.87. The minimum absolute atomic E-state index is 0.0460. The number of aromatic amines is 1. The van der Waals surface area contributed by atoms with E-state index in [-0.39, 0.29) is 11.8 Å². The molecule has 7 heteroatoms. The molecule has 1 aliphatic heterocycles. The predicted octanol–water partition coefficient (Wildman–Crippen LogP) is 1.64. The van der Waals surface area contributed by atoms with Crippen molar-refractivity contribution < 1.29 is 9.59 Å². The summed E-state index contributed by atoms with van der Waals surface area (Å²) in [4.78, 5) is 28.3. The summed E-state index contributed by atoms with van der Waals surface area (Å²) in [6.07, 6.45) is 1.72. The Morgan fingerprint density at radius 3 is 2.74 bits per heavy atom. The fourth-order valence-electron chi connectivity index (χ4n) is 2.46. The van der Waals surface area contributed by atoms with Gasteiger partial charge in [-0.1, -0.05) is 12.1 Å². The molecule has 0 spiro atoms. The van der Waals surface area contributed by atoms with Crippen molar-refractivity contribution in [2.45, 2.75) is 6.54 Å². The van der Waals surface area contributed by atoms with Crippen molar-refractivity contribution in [3.63, 3.8) is 0 Å². The van der Waals surface area contributed by atoms with E-state index in [2.05, 4.69) is 31.5 Å². The number of anilines is 1. The quantitative estimate of drug-likeness (QED) is 0.758. The smallest absolute Gasteiger partial charge is 0.267 e. The summed E-state index contributed by atoms with van der Waals surface area (Å²) in [7, 11) is 0. The fourth-order valence-corrected chi connectivity index (χ4v) is 2.80. The Hall–Kier alpha value is -2.28. The molecule has 3 N–H and O–H groups in total. The third-order valence-corrected chi connectivity index (χ3v) is 4.14. The molecule has 0 unspecified atom stereocenters. The average molecular weight is 377 g/mol. The van der Waals surface area contributed by atoms with Gasteiger partial charge in [0.25, 0.3) is 5.91 Å². The van der Waals surface area contributed by atoms with Crippen LogP contribution in [-0.4, -0.2) is 36.4 Å². The van der Waals surface area contributed by atoms with Gasteiger partial charge in [-0.25, -0.2) is 0 Å². The maximum absolute atomic E-state index is 12.0. The monoisotopic (exact) mass is 376 g/mol. The lowest BCUT2D eigenvalue weighted by molar-refractivity contribution is -0.120. The summed E-state index contributed by atoms with van der Waals surface area (Å²) >= 11 is 3.30. The van der Waals surface area contributed by atoms with Crippen molar-refractivity contribution in [3.05, 3.63) is 52.3 Å². The highest BCUT2D eigenvalue weighted by atomic mass is 79.9. The molecule has 2 aromatic rings. The van der Waals surface area contributed by atoms with Crippen LogP contribution >= 0.6 is 15.9 Å². The highest BCUT2D eigenvalue weighted by Gasteiger charge is 2.16. The zero-order chi connectivity index (χ0) is 16.2. The molecule has 0 aliphatic carbocycles. The molecule has 120 valence electrons. The molecule has 1 aliphatic rings. The number of aromatic nitrogens is 1. The van der Waals surface area contributed by atoms with E-state index in [9.17, 15) is 9.59 Å². The first-order valence-corrected chi connectivity index (χ1v) is 8.14. The topological polar surface area (TPSA) is 77.2 Å². The summed E-state index contributed by atoms with van der Waals surface area (Å²) in [5.41, 5.74) is 2.55. The Morgan fingerprint density at radius 1 is 1.30 bits per heavy atom. The van der Waals surface area contributed by atoms with Crippen LogP contribution in [0.1, 0.15) is 16.1 Å². The van der Waals surface area contributed by atoms with E-state index in [0.29, 0.717) is 25.3 Å². The first-order chi connectivity index (χ1) is 11.1. The Morgan fingerprint density at radius 2 is 2.09 bits per heavy atom. The number of carbonyl (C=O) groups excluding carboxylic acids is 2. The van der Waals surface area contributed by atoms with Crippen LogP contribution in [0.3, 0.4) is 0 Å². The normalized spacial score (nSPS) is 14.5. The molecule has 1 aromatic heterocycles. The van der Waals surface area contributed by atoms with E-state index >= 15 is 0 Å². The molecule has 0 radical (unpaired) electrons. The maximum Gasteiger partial charge on any atom is 0.267 e. The Balaban J connectivity index is 1.57. The van der Waals surface area contributed by atoms with Crippen LogP contribution in [0, 0.1) is 0 Å². The number of hydrogen-bond acceptors (Lipinski definition) is 3. The Labute approximate surface area is 142 Å². The number of amides is 2.